The lowest BCUT2D eigenvalue weighted by atomic mass is 10.2. The Hall–Kier alpha value is -1.49. The molecule has 1 fully saturated rings. The van der Waals surface area contributed by atoms with Crippen molar-refractivity contribution in [3.63, 3.8) is 0 Å². The highest BCUT2D eigenvalue weighted by molar-refractivity contribution is 5.64. The van der Waals surface area contributed by atoms with Gasteiger partial charge in [-0.25, -0.2) is 0 Å². The molecule has 5 heteroatoms. The predicted octanol–water partition coefficient (Wildman–Crippen LogP) is 0.813. The van der Waals surface area contributed by atoms with Gasteiger partial charge < -0.3 is 20.3 Å². The number of hydrogen-bond acceptors (Lipinski definition) is 5. The predicted molar refractivity (Wildman–Crippen MR) is 69.5 cm³/mol. The molecule has 0 radical (unpaired) electrons. The molecule has 0 saturated carbocycles. The monoisotopic (exact) mass is 236 g/mol. The number of rotatable bonds is 3. The largest absolute Gasteiger partial charge is 0.481 e. The minimum Gasteiger partial charge on any atom is -0.481 e. The number of pyridine rings is 1. The molecular weight excluding hydrogens is 216 g/mol. The van der Waals surface area contributed by atoms with Crippen molar-refractivity contribution in [2.75, 3.05) is 44.9 Å². The molecule has 1 aromatic heterocycles. The van der Waals surface area contributed by atoms with Crippen LogP contribution in [-0.4, -0.2) is 50.2 Å². The molecule has 94 valence electrons. The van der Waals surface area contributed by atoms with Gasteiger partial charge in [0.05, 0.1) is 12.8 Å². The van der Waals surface area contributed by atoms with Crippen molar-refractivity contribution in [1.82, 2.24) is 9.88 Å². The van der Waals surface area contributed by atoms with Gasteiger partial charge in [-0.2, -0.15) is 4.98 Å². The molecule has 1 aliphatic heterocycles. The van der Waals surface area contributed by atoms with Crippen LogP contribution >= 0.6 is 0 Å². The van der Waals surface area contributed by atoms with Gasteiger partial charge in [0.1, 0.15) is 0 Å². The zero-order valence-corrected chi connectivity index (χ0v) is 10.7. The fraction of sp³-hybridized carbons (Fsp3) is 0.583. The molecule has 0 bridgehead atoms. The Labute approximate surface area is 102 Å². The molecule has 2 N–H and O–H groups in total. The summed E-state index contributed by atoms with van der Waals surface area (Å²) in [4.78, 5) is 8.90. The van der Waals surface area contributed by atoms with Crippen LogP contribution in [0.1, 0.15) is 6.42 Å². The van der Waals surface area contributed by atoms with Gasteiger partial charge in [-0.3, -0.25) is 0 Å². The molecular formula is C12H20N4O. The molecule has 1 atom stereocenters. The third kappa shape index (κ3) is 2.44. The molecule has 2 rings (SSSR count). The normalized spacial score (nSPS) is 20.0. The van der Waals surface area contributed by atoms with Crippen molar-refractivity contribution in [3.05, 3.63) is 12.1 Å². The number of likely N-dealkylation sites (N-methyl/N-ethyl adjacent to an activating group) is 1. The molecule has 1 aliphatic rings. The topological polar surface area (TPSA) is 54.6 Å². The van der Waals surface area contributed by atoms with E-state index in [0.717, 1.165) is 25.3 Å². The summed E-state index contributed by atoms with van der Waals surface area (Å²) < 4.78 is 5.14. The maximum Gasteiger partial charge on any atom is 0.215 e. The van der Waals surface area contributed by atoms with Crippen LogP contribution in [0.4, 0.5) is 11.5 Å². The zero-order valence-electron chi connectivity index (χ0n) is 10.7. The van der Waals surface area contributed by atoms with Crippen LogP contribution in [0.15, 0.2) is 12.1 Å². The summed E-state index contributed by atoms with van der Waals surface area (Å²) in [5.41, 5.74) is 6.69. The molecule has 0 aromatic carbocycles. The van der Waals surface area contributed by atoms with Gasteiger partial charge in [-0.15, -0.1) is 0 Å². The lowest BCUT2D eigenvalue weighted by molar-refractivity contribution is 0.315. The van der Waals surface area contributed by atoms with E-state index < -0.39 is 0 Å². The SMILES string of the molecule is COc1ccc(N)c(N2CCC(N(C)C)C2)n1. The average Bonchev–Trinajstić information content (AvgIpc) is 2.79. The number of nitrogens with two attached hydrogens (primary N) is 1. The van der Waals surface area contributed by atoms with Crippen LogP contribution in [0.3, 0.4) is 0 Å². The molecule has 1 saturated heterocycles. The Kier molecular flexibility index (Phi) is 3.38. The minimum absolute atomic E-state index is 0.572. The van der Waals surface area contributed by atoms with Gasteiger partial charge in [-0.05, 0) is 26.6 Å². The van der Waals surface area contributed by atoms with Crippen molar-refractivity contribution >= 4 is 11.5 Å². The maximum absolute atomic E-state index is 5.97. The smallest absolute Gasteiger partial charge is 0.215 e. The molecule has 1 aromatic rings. The van der Waals surface area contributed by atoms with E-state index in [0.29, 0.717) is 17.6 Å². The molecule has 0 aliphatic carbocycles. The number of hydrogen-bond donors (Lipinski definition) is 1. The summed E-state index contributed by atoms with van der Waals surface area (Å²) in [6.07, 6.45) is 1.14. The average molecular weight is 236 g/mol. The first kappa shape index (κ1) is 12.0. The standard InChI is InChI=1S/C12H20N4O/c1-15(2)9-6-7-16(8-9)12-10(13)4-5-11(14-12)17-3/h4-5,9H,6-8,13H2,1-3H3. The van der Waals surface area contributed by atoms with Gasteiger partial charge in [0.15, 0.2) is 5.82 Å². The Morgan fingerprint density at radius 3 is 2.82 bits per heavy atom. The minimum atomic E-state index is 0.572. The summed E-state index contributed by atoms with van der Waals surface area (Å²) in [5.74, 6) is 1.45. The van der Waals surface area contributed by atoms with E-state index in [9.17, 15) is 0 Å². The summed E-state index contributed by atoms with van der Waals surface area (Å²) in [5, 5.41) is 0. The van der Waals surface area contributed by atoms with Gasteiger partial charge in [-0.1, -0.05) is 0 Å². The van der Waals surface area contributed by atoms with Crippen LogP contribution < -0.4 is 15.4 Å². The number of methoxy groups -OCH3 is 1. The third-order valence-corrected chi connectivity index (χ3v) is 3.28. The lowest BCUT2D eigenvalue weighted by Gasteiger charge is -2.22. The highest BCUT2D eigenvalue weighted by Crippen LogP contribution is 2.27. The number of nitrogen functional groups attached to an aromatic ring is 1. The van der Waals surface area contributed by atoms with E-state index in [1.807, 2.05) is 6.07 Å². The van der Waals surface area contributed by atoms with Crippen molar-refractivity contribution in [2.45, 2.75) is 12.5 Å². The van der Waals surface area contributed by atoms with Crippen molar-refractivity contribution in [2.24, 2.45) is 0 Å². The summed E-state index contributed by atoms with van der Waals surface area (Å²) in [6, 6.07) is 4.21. The molecule has 2 heterocycles. The van der Waals surface area contributed by atoms with E-state index in [2.05, 4.69) is 28.9 Å². The molecule has 17 heavy (non-hydrogen) atoms. The first-order valence-electron chi connectivity index (χ1n) is 5.83. The summed E-state index contributed by atoms with van der Waals surface area (Å²) in [7, 11) is 5.84. The van der Waals surface area contributed by atoms with Gasteiger partial charge in [0.2, 0.25) is 5.88 Å². The number of anilines is 2. The first-order valence-corrected chi connectivity index (χ1v) is 5.83. The fourth-order valence-electron chi connectivity index (χ4n) is 2.16. The van der Waals surface area contributed by atoms with Gasteiger partial charge in [0.25, 0.3) is 0 Å². The zero-order chi connectivity index (χ0) is 12.4. The van der Waals surface area contributed by atoms with Crippen LogP contribution in [0, 0.1) is 0 Å². The van der Waals surface area contributed by atoms with Crippen LogP contribution in [0.2, 0.25) is 0 Å². The lowest BCUT2D eigenvalue weighted by Crippen LogP contribution is -2.32. The molecule has 0 spiro atoms. The van der Waals surface area contributed by atoms with E-state index in [-0.39, 0.29) is 0 Å². The Morgan fingerprint density at radius 1 is 1.47 bits per heavy atom. The maximum atomic E-state index is 5.97. The van der Waals surface area contributed by atoms with E-state index >= 15 is 0 Å². The van der Waals surface area contributed by atoms with E-state index in [4.69, 9.17) is 10.5 Å². The van der Waals surface area contributed by atoms with Crippen LogP contribution in [-0.2, 0) is 0 Å². The quantitative estimate of drug-likeness (QED) is 0.842. The van der Waals surface area contributed by atoms with Crippen molar-refractivity contribution in [1.29, 1.82) is 0 Å². The molecule has 5 nitrogen and oxygen atoms in total. The third-order valence-electron chi connectivity index (χ3n) is 3.28. The Bertz CT molecular complexity index is 394. The van der Waals surface area contributed by atoms with Crippen LogP contribution in [0.5, 0.6) is 5.88 Å². The second-order valence-electron chi connectivity index (χ2n) is 4.62. The number of aromatic nitrogens is 1. The molecule has 0 amide bonds. The first-order chi connectivity index (χ1) is 8.11. The fourth-order valence-corrected chi connectivity index (χ4v) is 2.16. The van der Waals surface area contributed by atoms with Crippen molar-refractivity contribution in [3.8, 4) is 5.88 Å². The van der Waals surface area contributed by atoms with Gasteiger partial charge in [0, 0.05) is 25.2 Å². The highest BCUT2D eigenvalue weighted by Gasteiger charge is 2.26. The Balaban J connectivity index is 2.18. The Morgan fingerprint density at radius 2 is 2.24 bits per heavy atom. The molecule has 1 unspecified atom stereocenters. The van der Waals surface area contributed by atoms with Crippen LogP contribution in [0.25, 0.3) is 0 Å². The van der Waals surface area contributed by atoms with E-state index in [1.54, 1.807) is 13.2 Å². The van der Waals surface area contributed by atoms with Gasteiger partial charge >= 0.3 is 0 Å². The second-order valence-corrected chi connectivity index (χ2v) is 4.62. The van der Waals surface area contributed by atoms with Crippen molar-refractivity contribution < 1.29 is 4.74 Å². The van der Waals surface area contributed by atoms with E-state index in [1.165, 1.54) is 0 Å². The summed E-state index contributed by atoms with van der Waals surface area (Å²) in [6.45, 7) is 1.96. The highest BCUT2D eigenvalue weighted by atomic mass is 16.5. The second kappa shape index (κ2) is 4.79. The number of nitrogens with zero attached hydrogens (tertiary/aromatic N) is 3. The summed E-state index contributed by atoms with van der Waals surface area (Å²) >= 11 is 0. The number of ether oxygens (including phenoxy) is 1.